The van der Waals surface area contributed by atoms with Gasteiger partial charge in [-0.15, -0.1) is 0 Å². The third kappa shape index (κ3) is 4.07. The van der Waals surface area contributed by atoms with Gasteiger partial charge in [0, 0.05) is 0 Å². The Morgan fingerprint density at radius 1 is 0.842 bits per heavy atom. The van der Waals surface area contributed by atoms with Crippen LogP contribution in [0.15, 0.2) is 57.0 Å². The van der Waals surface area contributed by atoms with E-state index in [4.69, 9.17) is 69.6 Å². The Hall–Kier alpha value is 0.180. The van der Waals surface area contributed by atoms with Gasteiger partial charge in [0.05, 0.1) is 20.1 Å². The minimum Gasteiger partial charge on any atom is -0.0985 e. The van der Waals surface area contributed by atoms with Gasteiger partial charge < -0.3 is 0 Å². The maximum Gasteiger partial charge on any atom is 0.191 e. The quantitative estimate of drug-likeness (QED) is 0.468. The number of halogens is 6. The Morgan fingerprint density at radius 2 is 1.26 bits per heavy atom. The highest BCUT2D eigenvalue weighted by molar-refractivity contribution is 6.67. The molecular formula is C13H8Cl6. The van der Waals surface area contributed by atoms with E-state index in [9.17, 15) is 0 Å². The molecule has 19 heavy (non-hydrogen) atoms. The first-order chi connectivity index (χ1) is 8.82. The van der Waals surface area contributed by atoms with Crippen molar-refractivity contribution in [1.29, 1.82) is 0 Å². The fourth-order valence-corrected chi connectivity index (χ4v) is 2.72. The first-order valence-corrected chi connectivity index (χ1v) is 7.26. The van der Waals surface area contributed by atoms with Crippen molar-refractivity contribution in [1.82, 2.24) is 0 Å². The molecule has 1 aliphatic rings. The second-order valence-corrected chi connectivity index (χ2v) is 6.28. The number of alkyl halides is 2. The molecule has 0 amide bonds. The fourth-order valence-electron chi connectivity index (χ4n) is 1.15. The average molecular weight is 377 g/mol. The molecule has 1 aromatic rings. The molecule has 6 heteroatoms. The number of allylic oxidation sites excluding steroid dienone is 4. The highest BCUT2D eigenvalue weighted by Gasteiger charge is 2.42. The van der Waals surface area contributed by atoms with Gasteiger partial charge in [-0.1, -0.05) is 113 Å². The highest BCUT2D eigenvalue weighted by atomic mass is 35.5. The summed E-state index contributed by atoms with van der Waals surface area (Å²) in [6.45, 7) is 3.63. The second kappa shape index (κ2) is 7.26. The second-order valence-electron chi connectivity index (χ2n) is 3.45. The van der Waals surface area contributed by atoms with Gasteiger partial charge in [-0.25, -0.2) is 0 Å². The van der Waals surface area contributed by atoms with E-state index in [1.54, 1.807) is 0 Å². The number of hydrogen-bond donors (Lipinski definition) is 0. The van der Waals surface area contributed by atoms with Crippen LogP contribution in [-0.4, -0.2) is 4.33 Å². The van der Waals surface area contributed by atoms with Crippen LogP contribution < -0.4 is 0 Å². The summed E-state index contributed by atoms with van der Waals surface area (Å²) >= 11 is 33.8. The van der Waals surface area contributed by atoms with E-state index >= 15 is 0 Å². The Labute approximate surface area is 142 Å². The lowest BCUT2D eigenvalue weighted by molar-refractivity contribution is 1.24. The monoisotopic (exact) mass is 374 g/mol. The summed E-state index contributed by atoms with van der Waals surface area (Å²) in [7, 11) is 0. The van der Waals surface area contributed by atoms with E-state index in [-0.39, 0.29) is 20.1 Å². The van der Waals surface area contributed by atoms with Crippen LogP contribution in [0.4, 0.5) is 0 Å². The first-order valence-electron chi connectivity index (χ1n) is 4.99. The summed E-state index contributed by atoms with van der Waals surface area (Å²) in [5.74, 6) is 0. The van der Waals surface area contributed by atoms with Crippen molar-refractivity contribution in [2.45, 2.75) is 4.33 Å². The molecule has 0 heterocycles. The maximum atomic E-state index is 5.68. The van der Waals surface area contributed by atoms with Gasteiger partial charge in [0.2, 0.25) is 0 Å². The van der Waals surface area contributed by atoms with Crippen molar-refractivity contribution in [2.75, 3.05) is 0 Å². The van der Waals surface area contributed by atoms with E-state index in [2.05, 4.69) is 6.58 Å². The van der Waals surface area contributed by atoms with Crippen LogP contribution >= 0.6 is 69.6 Å². The predicted octanol–water partition coefficient (Wildman–Crippen LogP) is 6.88. The lowest BCUT2D eigenvalue weighted by Gasteiger charge is -2.11. The minimum absolute atomic E-state index is 0.0394. The average Bonchev–Trinajstić information content (AvgIpc) is 2.56. The van der Waals surface area contributed by atoms with Gasteiger partial charge in [0.15, 0.2) is 4.33 Å². The Balaban J connectivity index is 0.000000200. The summed E-state index contributed by atoms with van der Waals surface area (Å²) in [5, 5.41) is 0.279. The fraction of sp³-hybridized carbons (Fsp3) is 0.0769. The molecule has 102 valence electrons. The Kier molecular flexibility index (Phi) is 6.59. The number of rotatable bonds is 1. The molecule has 1 aromatic carbocycles. The largest absolute Gasteiger partial charge is 0.191 e. The molecule has 0 bridgehead atoms. The molecule has 0 nitrogen and oxygen atoms in total. The number of benzene rings is 1. The zero-order valence-corrected chi connectivity index (χ0v) is 14.0. The van der Waals surface area contributed by atoms with Crippen molar-refractivity contribution in [2.24, 2.45) is 0 Å². The van der Waals surface area contributed by atoms with Gasteiger partial charge in [-0.05, 0) is 5.56 Å². The first kappa shape index (κ1) is 17.2. The SMILES string of the molecule is C=Cc1ccccc1.ClC1=C(Cl)C(Cl)(Cl)C(Cl)=C1Cl. The predicted molar refractivity (Wildman–Crippen MR) is 88.4 cm³/mol. The van der Waals surface area contributed by atoms with Crippen molar-refractivity contribution in [3.8, 4) is 0 Å². The summed E-state index contributed by atoms with van der Waals surface area (Å²) in [6.07, 6.45) is 1.83. The van der Waals surface area contributed by atoms with Crippen LogP contribution in [0.25, 0.3) is 6.08 Å². The van der Waals surface area contributed by atoms with Gasteiger partial charge in [-0.3, -0.25) is 0 Å². The summed E-state index contributed by atoms with van der Waals surface area (Å²) in [4.78, 5) is 0. The molecule has 2 rings (SSSR count). The molecule has 0 spiro atoms. The summed E-state index contributed by atoms with van der Waals surface area (Å²) in [5.41, 5.74) is 1.17. The van der Waals surface area contributed by atoms with Crippen LogP contribution in [0.2, 0.25) is 0 Å². The van der Waals surface area contributed by atoms with E-state index in [1.165, 1.54) is 5.56 Å². The zero-order valence-electron chi connectivity index (χ0n) is 9.44. The molecule has 0 saturated carbocycles. The third-order valence-electron chi connectivity index (χ3n) is 2.16. The Morgan fingerprint density at radius 3 is 1.47 bits per heavy atom. The van der Waals surface area contributed by atoms with Crippen molar-refractivity contribution < 1.29 is 0 Å². The van der Waals surface area contributed by atoms with Gasteiger partial charge in [0.25, 0.3) is 0 Å². The molecule has 0 saturated heterocycles. The topological polar surface area (TPSA) is 0 Å². The van der Waals surface area contributed by atoms with Crippen LogP contribution in [-0.2, 0) is 0 Å². The van der Waals surface area contributed by atoms with Crippen molar-refractivity contribution >= 4 is 75.7 Å². The van der Waals surface area contributed by atoms with Gasteiger partial charge in [0.1, 0.15) is 0 Å². The van der Waals surface area contributed by atoms with E-state index in [1.807, 2.05) is 36.4 Å². The molecule has 0 aliphatic heterocycles. The van der Waals surface area contributed by atoms with Crippen molar-refractivity contribution in [3.63, 3.8) is 0 Å². The van der Waals surface area contributed by atoms with Crippen molar-refractivity contribution in [3.05, 3.63) is 62.6 Å². The molecule has 1 aliphatic carbocycles. The van der Waals surface area contributed by atoms with Crippen LogP contribution in [0.5, 0.6) is 0 Å². The normalized spacial score (nSPS) is 17.2. The lowest BCUT2D eigenvalue weighted by atomic mass is 10.2. The molecule has 0 radical (unpaired) electrons. The maximum absolute atomic E-state index is 5.68. The van der Waals surface area contributed by atoms with Crippen LogP contribution in [0.3, 0.4) is 0 Å². The molecule has 0 N–H and O–H groups in total. The van der Waals surface area contributed by atoms with Crippen LogP contribution in [0, 0.1) is 0 Å². The standard InChI is InChI=1S/C8H8.C5Cl6/c1-2-8-6-4-3-5-7-8;6-1-2(7)4(9)5(10,11)3(1)8/h2-7H,1H2;. The molecule has 0 aromatic heterocycles. The zero-order chi connectivity index (χ0) is 14.6. The molecule has 0 fully saturated rings. The highest BCUT2D eigenvalue weighted by Crippen LogP contribution is 2.53. The van der Waals surface area contributed by atoms with E-state index < -0.39 is 4.33 Å². The third-order valence-corrected chi connectivity index (χ3v) is 5.30. The molecule has 0 atom stereocenters. The summed E-state index contributed by atoms with van der Waals surface area (Å²) < 4.78 is -1.47. The van der Waals surface area contributed by atoms with E-state index in [0.717, 1.165) is 0 Å². The minimum atomic E-state index is -1.47. The van der Waals surface area contributed by atoms with Gasteiger partial charge in [-0.2, -0.15) is 0 Å². The van der Waals surface area contributed by atoms with Gasteiger partial charge >= 0.3 is 0 Å². The molecular weight excluding hydrogens is 369 g/mol. The number of hydrogen-bond acceptors (Lipinski definition) is 0. The van der Waals surface area contributed by atoms with Crippen LogP contribution in [0.1, 0.15) is 5.56 Å². The summed E-state index contributed by atoms with van der Waals surface area (Å²) in [6, 6.07) is 10.0. The molecule has 0 unspecified atom stereocenters. The smallest absolute Gasteiger partial charge is 0.0985 e. The Bertz CT molecular complexity index is 501. The lowest BCUT2D eigenvalue weighted by Crippen LogP contribution is -2.09. The van der Waals surface area contributed by atoms with E-state index in [0.29, 0.717) is 0 Å².